The van der Waals surface area contributed by atoms with Crippen LogP contribution in [0.1, 0.15) is 35.7 Å². The lowest BCUT2D eigenvalue weighted by molar-refractivity contribution is -0.126. The minimum atomic E-state index is -0.436. The molecule has 5 heteroatoms. The number of likely N-dealkylation sites (tertiary alicyclic amines) is 1. The summed E-state index contributed by atoms with van der Waals surface area (Å²) in [6.07, 6.45) is 5.95. The predicted molar refractivity (Wildman–Crippen MR) is 143 cm³/mol. The molecule has 1 atom stereocenters. The second-order valence-corrected chi connectivity index (χ2v) is 9.31. The largest absolute Gasteiger partial charge is 0.343 e. The van der Waals surface area contributed by atoms with Crippen LogP contribution in [-0.2, 0) is 4.79 Å². The maximum atomic E-state index is 13.6. The van der Waals surface area contributed by atoms with Gasteiger partial charge in [0.15, 0.2) is 0 Å². The summed E-state index contributed by atoms with van der Waals surface area (Å²) in [5, 5.41) is 4.27. The van der Waals surface area contributed by atoms with E-state index in [1.54, 1.807) is 12.1 Å². The van der Waals surface area contributed by atoms with Gasteiger partial charge in [-0.25, -0.2) is 4.39 Å². The number of aromatic nitrogens is 1. The minimum absolute atomic E-state index is 0.0266. The Balaban J connectivity index is 1.25. The number of halogens is 1. The normalized spacial score (nSPS) is 15.8. The van der Waals surface area contributed by atoms with Crippen LogP contribution in [0.25, 0.3) is 17.0 Å². The number of fused-ring (bicyclic) bond motifs is 1. The van der Waals surface area contributed by atoms with E-state index in [2.05, 4.69) is 34.5 Å². The Labute approximate surface area is 211 Å². The van der Waals surface area contributed by atoms with Crippen molar-refractivity contribution in [2.45, 2.75) is 18.9 Å². The molecule has 0 saturated carbocycles. The Hall–Kier alpha value is -3.83. The lowest BCUT2D eigenvalue weighted by Crippen LogP contribution is -2.42. The molecule has 182 valence electrons. The number of rotatable bonds is 7. The minimum Gasteiger partial charge on any atom is -0.343 e. The molecule has 5 rings (SSSR count). The third-order valence-electron chi connectivity index (χ3n) is 6.84. The second-order valence-electron chi connectivity index (χ2n) is 9.31. The lowest BCUT2D eigenvalue weighted by atomic mass is 9.94. The Morgan fingerprint density at radius 1 is 0.944 bits per heavy atom. The number of amides is 1. The molecule has 1 unspecified atom stereocenters. The molecule has 1 aromatic heterocycles. The van der Waals surface area contributed by atoms with Gasteiger partial charge < -0.3 is 5.32 Å². The molecule has 36 heavy (non-hydrogen) atoms. The topological polar surface area (TPSA) is 45.2 Å². The number of carbonyl (C=O) groups excluding carboxylic acids is 1. The Morgan fingerprint density at radius 3 is 2.44 bits per heavy atom. The highest BCUT2D eigenvalue weighted by Crippen LogP contribution is 2.26. The van der Waals surface area contributed by atoms with Gasteiger partial charge in [0.2, 0.25) is 5.91 Å². The molecule has 0 spiro atoms. The summed E-state index contributed by atoms with van der Waals surface area (Å²) in [7, 11) is 0. The maximum Gasteiger partial charge on any atom is 0.224 e. The number of benzene rings is 3. The van der Waals surface area contributed by atoms with Gasteiger partial charge >= 0.3 is 0 Å². The molecule has 0 radical (unpaired) electrons. The monoisotopic (exact) mass is 479 g/mol. The molecular weight excluding hydrogens is 449 g/mol. The highest BCUT2D eigenvalue weighted by atomic mass is 19.1. The van der Waals surface area contributed by atoms with Gasteiger partial charge in [0, 0.05) is 17.8 Å². The predicted octanol–water partition coefficient (Wildman–Crippen LogP) is 6.00. The summed E-state index contributed by atoms with van der Waals surface area (Å²) >= 11 is 0. The summed E-state index contributed by atoms with van der Waals surface area (Å²) in [5.41, 5.74) is 3.63. The van der Waals surface area contributed by atoms with Crippen molar-refractivity contribution in [3.63, 3.8) is 0 Å². The van der Waals surface area contributed by atoms with Crippen LogP contribution in [0, 0.1) is 11.7 Å². The van der Waals surface area contributed by atoms with E-state index >= 15 is 0 Å². The van der Waals surface area contributed by atoms with Gasteiger partial charge in [-0.05, 0) is 61.3 Å². The fraction of sp³-hybridized carbons (Fsp3) is 0.226. The number of nitrogens with zero attached hydrogens (tertiary/aromatic N) is 2. The quantitative estimate of drug-likeness (QED) is 0.353. The van der Waals surface area contributed by atoms with Crippen LogP contribution < -0.4 is 5.32 Å². The molecule has 1 aliphatic heterocycles. The molecule has 1 amide bonds. The van der Waals surface area contributed by atoms with Crippen molar-refractivity contribution >= 4 is 22.9 Å². The molecule has 0 aliphatic carbocycles. The van der Waals surface area contributed by atoms with E-state index in [4.69, 9.17) is 4.98 Å². The SMILES string of the molecule is O=C(NC(c1ccc(F)cc1)c1ccc2ccccc2n1)C1CCN(C/C=C/c2ccccc2)CC1. The highest BCUT2D eigenvalue weighted by Gasteiger charge is 2.27. The third-order valence-corrected chi connectivity index (χ3v) is 6.84. The van der Waals surface area contributed by atoms with E-state index in [9.17, 15) is 9.18 Å². The van der Waals surface area contributed by atoms with Crippen molar-refractivity contribution in [3.8, 4) is 0 Å². The van der Waals surface area contributed by atoms with E-state index in [1.807, 2.05) is 54.6 Å². The Morgan fingerprint density at radius 2 is 1.67 bits per heavy atom. The first-order chi connectivity index (χ1) is 17.7. The standard InChI is InChI=1S/C31H30FN3O/c32-27-15-12-25(13-16-27)30(29-17-14-24-10-4-5-11-28(24)33-29)34-31(36)26-18-21-35(22-19-26)20-6-9-23-7-2-1-3-8-23/h1-17,26,30H,18-22H2,(H,34,36)/b9-6+. The Bertz CT molecular complexity index is 1330. The first-order valence-corrected chi connectivity index (χ1v) is 12.5. The molecule has 1 fully saturated rings. The molecule has 2 heterocycles. The third kappa shape index (κ3) is 5.86. The summed E-state index contributed by atoms with van der Waals surface area (Å²) < 4.78 is 13.6. The van der Waals surface area contributed by atoms with Crippen molar-refractivity contribution in [1.29, 1.82) is 0 Å². The van der Waals surface area contributed by atoms with Crippen LogP contribution in [0.3, 0.4) is 0 Å². The second kappa shape index (κ2) is 11.3. The summed E-state index contributed by atoms with van der Waals surface area (Å²) in [6, 6.07) is 28.0. The van der Waals surface area contributed by atoms with Gasteiger partial charge in [-0.2, -0.15) is 0 Å². The van der Waals surface area contributed by atoms with Gasteiger partial charge in [0.05, 0.1) is 17.3 Å². The van der Waals surface area contributed by atoms with E-state index in [0.717, 1.165) is 54.6 Å². The molecular formula is C31H30FN3O. The van der Waals surface area contributed by atoms with Crippen LogP contribution in [0.2, 0.25) is 0 Å². The molecule has 0 bridgehead atoms. The molecule has 4 nitrogen and oxygen atoms in total. The molecule has 1 aliphatic rings. The van der Waals surface area contributed by atoms with Crippen LogP contribution in [0.15, 0.2) is 97.1 Å². The Kier molecular flexibility index (Phi) is 7.48. The zero-order valence-corrected chi connectivity index (χ0v) is 20.2. The number of nitrogens with one attached hydrogen (secondary N) is 1. The van der Waals surface area contributed by atoms with Crippen molar-refractivity contribution in [2.24, 2.45) is 5.92 Å². The molecule has 1 saturated heterocycles. The number of para-hydroxylation sites is 1. The smallest absolute Gasteiger partial charge is 0.224 e. The maximum absolute atomic E-state index is 13.6. The van der Waals surface area contributed by atoms with Crippen molar-refractivity contribution < 1.29 is 9.18 Å². The fourth-order valence-electron chi connectivity index (χ4n) is 4.77. The average Bonchev–Trinajstić information content (AvgIpc) is 2.93. The van der Waals surface area contributed by atoms with Crippen LogP contribution >= 0.6 is 0 Å². The van der Waals surface area contributed by atoms with E-state index in [1.165, 1.54) is 17.7 Å². The lowest BCUT2D eigenvalue weighted by Gasteiger charge is -2.31. The van der Waals surface area contributed by atoms with E-state index in [-0.39, 0.29) is 17.6 Å². The van der Waals surface area contributed by atoms with E-state index < -0.39 is 6.04 Å². The molecule has 3 aromatic carbocycles. The zero-order valence-electron chi connectivity index (χ0n) is 20.2. The number of hydrogen-bond donors (Lipinski definition) is 1. The van der Waals surface area contributed by atoms with Crippen molar-refractivity contribution in [1.82, 2.24) is 15.2 Å². The van der Waals surface area contributed by atoms with Gasteiger partial charge in [-0.3, -0.25) is 14.7 Å². The van der Waals surface area contributed by atoms with Gasteiger partial charge in [0.25, 0.3) is 0 Å². The zero-order chi connectivity index (χ0) is 24.7. The van der Waals surface area contributed by atoms with Gasteiger partial charge in [0.1, 0.15) is 5.82 Å². The van der Waals surface area contributed by atoms with Gasteiger partial charge in [-0.1, -0.05) is 78.9 Å². The first-order valence-electron chi connectivity index (χ1n) is 12.5. The van der Waals surface area contributed by atoms with Crippen molar-refractivity contribution in [3.05, 3.63) is 120 Å². The molecule has 4 aromatic rings. The summed E-state index contributed by atoms with van der Waals surface area (Å²) in [6.45, 7) is 2.64. The number of carbonyl (C=O) groups is 1. The highest BCUT2D eigenvalue weighted by molar-refractivity contribution is 5.81. The summed E-state index contributed by atoms with van der Waals surface area (Å²) in [5.74, 6) is -0.328. The number of hydrogen-bond acceptors (Lipinski definition) is 3. The number of pyridine rings is 1. The van der Waals surface area contributed by atoms with Crippen LogP contribution in [-0.4, -0.2) is 35.4 Å². The first kappa shape index (κ1) is 23.9. The fourth-order valence-corrected chi connectivity index (χ4v) is 4.77. The van der Waals surface area contributed by atoms with Crippen molar-refractivity contribution in [2.75, 3.05) is 19.6 Å². The summed E-state index contributed by atoms with van der Waals surface area (Å²) in [4.78, 5) is 20.5. The van der Waals surface area contributed by atoms with Crippen LogP contribution in [0.4, 0.5) is 4.39 Å². The van der Waals surface area contributed by atoms with Crippen LogP contribution in [0.5, 0.6) is 0 Å². The molecule has 1 N–H and O–H groups in total. The number of piperidine rings is 1. The average molecular weight is 480 g/mol. The van der Waals surface area contributed by atoms with Gasteiger partial charge in [-0.15, -0.1) is 0 Å². The van der Waals surface area contributed by atoms with E-state index in [0.29, 0.717) is 0 Å².